The van der Waals surface area contributed by atoms with E-state index in [1.807, 2.05) is 18.2 Å². The minimum atomic E-state index is -0.220. The molecule has 1 heterocycles. The average Bonchev–Trinajstić information content (AvgIpc) is 2.52. The Morgan fingerprint density at radius 3 is 2.71 bits per heavy atom. The molecule has 0 saturated carbocycles. The molecule has 1 aromatic heterocycles. The van der Waals surface area contributed by atoms with E-state index in [-0.39, 0.29) is 5.91 Å². The predicted octanol–water partition coefficient (Wildman–Crippen LogP) is 2.62. The molecule has 6 heteroatoms. The van der Waals surface area contributed by atoms with E-state index in [2.05, 4.69) is 44.6 Å². The summed E-state index contributed by atoms with van der Waals surface area (Å²) in [7, 11) is 0. The van der Waals surface area contributed by atoms with Crippen molar-refractivity contribution >= 4 is 27.7 Å². The number of anilines is 1. The number of rotatable bonds is 5. The summed E-state index contributed by atoms with van der Waals surface area (Å²) in [6.45, 7) is 2.56. The molecule has 5 nitrogen and oxygen atoms in total. The number of nitrogen functional groups attached to an aromatic ring is 1. The Balaban J connectivity index is 2.13. The van der Waals surface area contributed by atoms with Crippen LogP contribution in [-0.4, -0.2) is 10.9 Å². The third kappa shape index (κ3) is 3.80. The Kier molecular flexibility index (Phi) is 5.30. The second kappa shape index (κ2) is 7.19. The zero-order chi connectivity index (χ0) is 15.2. The number of nitrogens with zero attached hydrogens (tertiary/aromatic N) is 1. The summed E-state index contributed by atoms with van der Waals surface area (Å²) < 4.78 is 0.723. The van der Waals surface area contributed by atoms with Crippen LogP contribution < -0.4 is 16.6 Å². The van der Waals surface area contributed by atoms with Crippen LogP contribution in [0.1, 0.15) is 28.4 Å². The van der Waals surface area contributed by atoms with Crippen LogP contribution in [0, 0.1) is 0 Å². The minimum Gasteiger partial charge on any atom is -0.348 e. The zero-order valence-electron chi connectivity index (χ0n) is 11.7. The maximum absolute atomic E-state index is 12.3. The molecule has 2 aromatic rings. The number of aromatic nitrogens is 1. The number of carbonyl (C=O) groups excluding carboxylic acids is 1. The van der Waals surface area contributed by atoms with Crippen LogP contribution in [0.4, 0.5) is 5.82 Å². The van der Waals surface area contributed by atoms with E-state index < -0.39 is 0 Å². The van der Waals surface area contributed by atoms with Crippen LogP contribution in [0.25, 0.3) is 0 Å². The molecule has 1 amide bonds. The smallest absolute Gasteiger partial charge is 0.255 e. The van der Waals surface area contributed by atoms with Gasteiger partial charge in [0.1, 0.15) is 0 Å². The first-order valence-electron chi connectivity index (χ1n) is 6.62. The maximum Gasteiger partial charge on any atom is 0.255 e. The molecular formula is C15H17BrN4O. The van der Waals surface area contributed by atoms with Gasteiger partial charge in [-0.25, -0.2) is 10.8 Å². The fourth-order valence-electron chi connectivity index (χ4n) is 2.07. The molecule has 4 N–H and O–H groups in total. The molecule has 2 rings (SSSR count). The predicted molar refractivity (Wildman–Crippen MR) is 86.7 cm³/mol. The van der Waals surface area contributed by atoms with E-state index in [1.165, 1.54) is 5.56 Å². The molecule has 0 spiro atoms. The quantitative estimate of drug-likeness (QED) is 0.573. The van der Waals surface area contributed by atoms with Gasteiger partial charge in [0.2, 0.25) is 0 Å². The number of nitrogens with one attached hydrogen (secondary N) is 2. The number of aryl methyl sites for hydroxylation is 1. The van der Waals surface area contributed by atoms with Gasteiger partial charge in [0.25, 0.3) is 5.91 Å². The first-order chi connectivity index (χ1) is 10.2. The average molecular weight is 349 g/mol. The van der Waals surface area contributed by atoms with Gasteiger partial charge >= 0.3 is 0 Å². The van der Waals surface area contributed by atoms with E-state index in [9.17, 15) is 4.79 Å². The molecule has 0 saturated heterocycles. The lowest BCUT2D eigenvalue weighted by molar-refractivity contribution is 0.0951. The maximum atomic E-state index is 12.3. The van der Waals surface area contributed by atoms with Crippen molar-refractivity contribution < 1.29 is 4.79 Å². The summed E-state index contributed by atoms with van der Waals surface area (Å²) in [4.78, 5) is 16.3. The van der Waals surface area contributed by atoms with Gasteiger partial charge in [0.15, 0.2) is 5.82 Å². The molecule has 0 atom stereocenters. The van der Waals surface area contributed by atoms with Crippen molar-refractivity contribution in [1.82, 2.24) is 10.3 Å². The van der Waals surface area contributed by atoms with E-state index >= 15 is 0 Å². The second-order valence-corrected chi connectivity index (χ2v) is 5.41. The van der Waals surface area contributed by atoms with Crippen LogP contribution in [0.2, 0.25) is 0 Å². The van der Waals surface area contributed by atoms with Crippen molar-refractivity contribution in [1.29, 1.82) is 0 Å². The van der Waals surface area contributed by atoms with Crippen LogP contribution >= 0.6 is 15.9 Å². The standard InChI is InChI=1S/C15H17BrN4O/c1-2-10-5-3-4-6-11(10)8-19-15(21)13-7-12(16)9-18-14(13)20-17/h3-7,9H,2,8,17H2,1H3,(H,18,20)(H,19,21). The Labute approximate surface area is 132 Å². The van der Waals surface area contributed by atoms with Crippen LogP contribution in [0.15, 0.2) is 41.0 Å². The number of halogens is 1. The number of hydrogen-bond acceptors (Lipinski definition) is 4. The third-order valence-electron chi connectivity index (χ3n) is 3.17. The molecule has 0 unspecified atom stereocenters. The normalized spacial score (nSPS) is 10.2. The topological polar surface area (TPSA) is 80.0 Å². The number of hydrazine groups is 1. The van der Waals surface area contributed by atoms with E-state index in [1.54, 1.807) is 12.3 Å². The minimum absolute atomic E-state index is 0.220. The van der Waals surface area contributed by atoms with E-state index in [4.69, 9.17) is 5.84 Å². The van der Waals surface area contributed by atoms with Crippen molar-refractivity contribution in [2.45, 2.75) is 19.9 Å². The number of amides is 1. The summed E-state index contributed by atoms with van der Waals surface area (Å²) in [5, 5.41) is 2.90. The fourth-order valence-corrected chi connectivity index (χ4v) is 2.40. The van der Waals surface area contributed by atoms with Crippen molar-refractivity contribution in [2.75, 3.05) is 5.43 Å². The van der Waals surface area contributed by atoms with Crippen LogP contribution in [0.3, 0.4) is 0 Å². The summed E-state index contributed by atoms with van der Waals surface area (Å²) >= 11 is 3.30. The van der Waals surface area contributed by atoms with Gasteiger partial charge in [-0.2, -0.15) is 0 Å². The van der Waals surface area contributed by atoms with Gasteiger partial charge in [-0.3, -0.25) is 4.79 Å². The fraction of sp³-hybridized carbons (Fsp3) is 0.200. The molecule has 0 bridgehead atoms. The Morgan fingerprint density at radius 2 is 2.05 bits per heavy atom. The summed E-state index contributed by atoms with van der Waals surface area (Å²) in [5.41, 5.74) is 5.17. The molecule has 0 aliphatic heterocycles. The molecular weight excluding hydrogens is 332 g/mol. The highest BCUT2D eigenvalue weighted by atomic mass is 79.9. The highest BCUT2D eigenvalue weighted by molar-refractivity contribution is 9.10. The SMILES string of the molecule is CCc1ccccc1CNC(=O)c1cc(Br)cnc1NN. The van der Waals surface area contributed by atoms with Gasteiger partial charge in [-0.1, -0.05) is 31.2 Å². The van der Waals surface area contributed by atoms with E-state index in [0.717, 1.165) is 16.5 Å². The zero-order valence-corrected chi connectivity index (χ0v) is 13.3. The van der Waals surface area contributed by atoms with Crippen molar-refractivity contribution in [3.05, 3.63) is 57.7 Å². The van der Waals surface area contributed by atoms with Crippen molar-refractivity contribution in [3.63, 3.8) is 0 Å². The summed E-state index contributed by atoms with van der Waals surface area (Å²) in [6, 6.07) is 9.73. The third-order valence-corrected chi connectivity index (χ3v) is 3.61. The molecule has 0 fully saturated rings. The molecule has 1 aromatic carbocycles. The highest BCUT2D eigenvalue weighted by Gasteiger charge is 2.13. The summed E-state index contributed by atoms with van der Waals surface area (Å²) in [5.74, 6) is 5.51. The first kappa shape index (κ1) is 15.5. The number of carbonyl (C=O) groups is 1. The monoisotopic (exact) mass is 348 g/mol. The van der Waals surface area contributed by atoms with Gasteiger partial charge < -0.3 is 10.7 Å². The lowest BCUT2D eigenvalue weighted by Crippen LogP contribution is -2.25. The molecule has 110 valence electrons. The van der Waals surface area contributed by atoms with Crippen LogP contribution in [-0.2, 0) is 13.0 Å². The largest absolute Gasteiger partial charge is 0.348 e. The lowest BCUT2D eigenvalue weighted by atomic mass is 10.1. The Bertz CT molecular complexity index is 645. The highest BCUT2D eigenvalue weighted by Crippen LogP contribution is 2.17. The first-order valence-corrected chi connectivity index (χ1v) is 7.42. The van der Waals surface area contributed by atoms with Crippen molar-refractivity contribution in [3.8, 4) is 0 Å². The Hall–Kier alpha value is -1.92. The number of hydrogen-bond donors (Lipinski definition) is 3. The summed E-state index contributed by atoms with van der Waals surface area (Å²) in [6.07, 6.45) is 2.51. The lowest BCUT2D eigenvalue weighted by Gasteiger charge is -2.11. The molecule has 21 heavy (non-hydrogen) atoms. The molecule has 0 aliphatic rings. The van der Waals surface area contributed by atoms with E-state index in [0.29, 0.717) is 17.9 Å². The van der Waals surface area contributed by atoms with Gasteiger partial charge in [-0.15, -0.1) is 0 Å². The number of nitrogens with two attached hydrogens (primary N) is 1. The molecule has 0 radical (unpaired) electrons. The van der Waals surface area contributed by atoms with Crippen LogP contribution in [0.5, 0.6) is 0 Å². The molecule has 0 aliphatic carbocycles. The van der Waals surface area contributed by atoms with Crippen molar-refractivity contribution in [2.24, 2.45) is 5.84 Å². The second-order valence-electron chi connectivity index (χ2n) is 4.50. The van der Waals surface area contributed by atoms with Gasteiger partial charge in [0, 0.05) is 17.2 Å². The number of pyridine rings is 1. The van der Waals surface area contributed by atoms with Gasteiger partial charge in [-0.05, 0) is 39.5 Å². The Morgan fingerprint density at radius 1 is 1.33 bits per heavy atom. The van der Waals surface area contributed by atoms with Gasteiger partial charge in [0.05, 0.1) is 5.56 Å². The number of benzene rings is 1.